The molecule has 0 unspecified atom stereocenters. The molecule has 0 heterocycles. The Kier molecular flexibility index (Phi) is 3.35. The maximum atomic E-state index is 10.9. The van der Waals surface area contributed by atoms with Crippen molar-refractivity contribution in [2.45, 2.75) is 13.3 Å². The zero-order valence-corrected chi connectivity index (χ0v) is 8.29. The average Bonchev–Trinajstić information content (AvgIpc) is 2.16. The van der Waals surface area contributed by atoms with Gasteiger partial charge in [0.25, 0.3) is 0 Å². The van der Waals surface area contributed by atoms with Crippen molar-refractivity contribution in [3.8, 4) is 0 Å². The summed E-state index contributed by atoms with van der Waals surface area (Å²) in [5, 5.41) is 0. The molecule has 0 amide bonds. The molecule has 0 aliphatic carbocycles. The highest BCUT2D eigenvalue weighted by Gasteiger charge is 2.01. The average molecular weight is 187 g/mol. The van der Waals surface area contributed by atoms with Crippen LogP contribution in [-0.4, -0.2) is 12.5 Å². The van der Waals surface area contributed by atoms with E-state index in [1.165, 1.54) is 0 Å². The number of Topliss-reactive ketones (excluding diaryl/α,β-unsaturated/α-hetero) is 1. The summed E-state index contributed by atoms with van der Waals surface area (Å²) in [4.78, 5) is 14.8. The molecule has 2 heteroatoms. The van der Waals surface area contributed by atoms with Crippen LogP contribution < -0.4 is 0 Å². The molecule has 0 bridgehead atoms. The quantitative estimate of drug-likeness (QED) is 0.666. The fraction of sp³-hybridized carbons (Fsp3) is 0.167. The number of hydrogen-bond acceptors (Lipinski definition) is 2. The molecule has 14 heavy (non-hydrogen) atoms. The van der Waals surface area contributed by atoms with Crippen LogP contribution in [0.2, 0.25) is 0 Å². The normalized spacial score (nSPS) is 9.50. The van der Waals surface area contributed by atoms with Crippen molar-refractivity contribution in [2.75, 3.05) is 0 Å². The van der Waals surface area contributed by atoms with Crippen molar-refractivity contribution in [2.24, 2.45) is 4.99 Å². The minimum Gasteiger partial charge on any atom is -0.300 e. The maximum absolute atomic E-state index is 10.9. The summed E-state index contributed by atoms with van der Waals surface area (Å²) in [5.41, 5.74) is 2.70. The third kappa shape index (κ3) is 2.39. The topological polar surface area (TPSA) is 29.4 Å². The zero-order valence-electron chi connectivity index (χ0n) is 8.29. The first-order valence-electron chi connectivity index (χ1n) is 4.39. The molecular weight excluding hydrogens is 174 g/mol. The number of ketones is 1. The Morgan fingerprint density at radius 2 is 2.29 bits per heavy atom. The van der Waals surface area contributed by atoms with Gasteiger partial charge in [-0.25, -0.2) is 0 Å². The second-order valence-corrected chi connectivity index (χ2v) is 3.13. The summed E-state index contributed by atoms with van der Waals surface area (Å²) in [7, 11) is 0. The molecule has 0 atom stereocenters. The second-order valence-electron chi connectivity index (χ2n) is 3.13. The minimum atomic E-state index is 0.152. The van der Waals surface area contributed by atoms with Gasteiger partial charge in [0.05, 0.1) is 5.69 Å². The third-order valence-corrected chi connectivity index (χ3v) is 1.94. The van der Waals surface area contributed by atoms with Crippen LogP contribution in [0.3, 0.4) is 0 Å². The van der Waals surface area contributed by atoms with Gasteiger partial charge in [0.1, 0.15) is 5.78 Å². The molecule has 0 N–H and O–H groups in total. The number of carbonyl (C=O) groups is 1. The van der Waals surface area contributed by atoms with E-state index in [1.54, 1.807) is 13.0 Å². The Balaban J connectivity index is 3.07. The van der Waals surface area contributed by atoms with Gasteiger partial charge in [0.2, 0.25) is 0 Å². The molecule has 2 nitrogen and oxygen atoms in total. The van der Waals surface area contributed by atoms with Crippen LogP contribution >= 0.6 is 0 Å². The van der Waals surface area contributed by atoms with Crippen LogP contribution in [-0.2, 0) is 11.2 Å². The monoisotopic (exact) mass is 187 g/mol. The fourth-order valence-electron chi connectivity index (χ4n) is 1.31. The number of rotatable bonds is 4. The van der Waals surface area contributed by atoms with Gasteiger partial charge >= 0.3 is 0 Å². The van der Waals surface area contributed by atoms with Gasteiger partial charge in [-0.2, -0.15) is 0 Å². The molecule has 1 aromatic carbocycles. The van der Waals surface area contributed by atoms with Crippen LogP contribution in [0.4, 0.5) is 5.69 Å². The van der Waals surface area contributed by atoms with Gasteiger partial charge in [-0.3, -0.25) is 9.79 Å². The lowest BCUT2D eigenvalue weighted by Gasteiger charge is -2.03. The standard InChI is InChI=1S/C12H13NO/c1-4-11-8-10(7-9(2)14)5-6-12(11)13-3/h4-6,8H,1,3,7H2,2H3. The summed E-state index contributed by atoms with van der Waals surface area (Å²) in [5.74, 6) is 0.152. The van der Waals surface area contributed by atoms with Crippen molar-refractivity contribution in [3.63, 3.8) is 0 Å². The van der Waals surface area contributed by atoms with E-state index in [-0.39, 0.29) is 5.78 Å². The first-order valence-corrected chi connectivity index (χ1v) is 4.39. The van der Waals surface area contributed by atoms with E-state index >= 15 is 0 Å². The minimum absolute atomic E-state index is 0.152. The molecule has 0 aromatic heterocycles. The van der Waals surface area contributed by atoms with Gasteiger partial charge in [-0.1, -0.05) is 18.7 Å². The van der Waals surface area contributed by atoms with E-state index in [4.69, 9.17) is 0 Å². The summed E-state index contributed by atoms with van der Waals surface area (Å²) < 4.78 is 0. The summed E-state index contributed by atoms with van der Waals surface area (Å²) in [6, 6.07) is 5.65. The van der Waals surface area contributed by atoms with Gasteiger partial charge in [-0.05, 0) is 36.9 Å². The molecule has 0 aliphatic rings. The van der Waals surface area contributed by atoms with Crippen LogP contribution in [0.15, 0.2) is 29.8 Å². The lowest BCUT2D eigenvalue weighted by molar-refractivity contribution is -0.116. The number of nitrogens with zero attached hydrogens (tertiary/aromatic N) is 1. The lowest BCUT2D eigenvalue weighted by atomic mass is 10.0. The van der Waals surface area contributed by atoms with E-state index in [2.05, 4.69) is 18.3 Å². The van der Waals surface area contributed by atoms with Crippen LogP contribution in [0.1, 0.15) is 18.1 Å². The van der Waals surface area contributed by atoms with Gasteiger partial charge in [-0.15, -0.1) is 0 Å². The highest BCUT2D eigenvalue weighted by atomic mass is 16.1. The smallest absolute Gasteiger partial charge is 0.134 e. The Labute approximate surface area is 84.0 Å². The summed E-state index contributed by atoms with van der Waals surface area (Å²) in [6.07, 6.45) is 2.17. The van der Waals surface area contributed by atoms with Crippen molar-refractivity contribution in [1.29, 1.82) is 0 Å². The summed E-state index contributed by atoms with van der Waals surface area (Å²) >= 11 is 0. The molecule has 0 saturated carbocycles. The third-order valence-electron chi connectivity index (χ3n) is 1.94. The van der Waals surface area contributed by atoms with Crippen LogP contribution in [0, 0.1) is 0 Å². The SMILES string of the molecule is C=Cc1cc(CC(C)=O)ccc1N=C. The molecule has 1 aromatic rings. The second kappa shape index (κ2) is 4.51. The largest absolute Gasteiger partial charge is 0.300 e. The van der Waals surface area contributed by atoms with Crippen LogP contribution in [0.25, 0.3) is 6.08 Å². The Morgan fingerprint density at radius 3 is 2.79 bits per heavy atom. The zero-order chi connectivity index (χ0) is 10.6. The molecule has 0 spiro atoms. The fourth-order valence-corrected chi connectivity index (χ4v) is 1.31. The first-order chi connectivity index (χ1) is 6.67. The van der Waals surface area contributed by atoms with Gasteiger partial charge in [0, 0.05) is 6.42 Å². The Bertz CT molecular complexity index is 380. The number of hydrogen-bond donors (Lipinski definition) is 0. The van der Waals surface area contributed by atoms with Crippen molar-refractivity contribution in [1.82, 2.24) is 0 Å². The molecule has 72 valence electrons. The molecular formula is C12H13NO. The van der Waals surface area contributed by atoms with E-state index in [0.717, 1.165) is 16.8 Å². The van der Waals surface area contributed by atoms with Crippen molar-refractivity contribution in [3.05, 3.63) is 35.9 Å². The highest BCUT2D eigenvalue weighted by molar-refractivity contribution is 5.79. The Hall–Kier alpha value is -1.70. The molecule has 0 radical (unpaired) electrons. The summed E-state index contributed by atoms with van der Waals surface area (Å²) in [6.45, 7) is 8.73. The predicted molar refractivity (Wildman–Crippen MR) is 60.1 cm³/mol. The molecule has 0 aliphatic heterocycles. The number of carbonyl (C=O) groups excluding carboxylic acids is 1. The number of aliphatic imine (C=N–C) groups is 1. The molecule has 1 rings (SSSR count). The van der Waals surface area contributed by atoms with Gasteiger partial charge in [0.15, 0.2) is 0 Å². The highest BCUT2D eigenvalue weighted by Crippen LogP contribution is 2.21. The van der Waals surface area contributed by atoms with E-state index in [1.807, 2.05) is 18.2 Å². The lowest BCUT2D eigenvalue weighted by Crippen LogP contribution is -1.96. The van der Waals surface area contributed by atoms with E-state index in [9.17, 15) is 4.79 Å². The Morgan fingerprint density at radius 1 is 1.57 bits per heavy atom. The molecule has 0 saturated heterocycles. The predicted octanol–water partition coefficient (Wildman–Crippen LogP) is 2.79. The number of benzene rings is 1. The maximum Gasteiger partial charge on any atom is 0.134 e. The van der Waals surface area contributed by atoms with Crippen molar-refractivity contribution < 1.29 is 4.79 Å². The van der Waals surface area contributed by atoms with E-state index in [0.29, 0.717) is 6.42 Å². The first kappa shape index (κ1) is 10.4. The van der Waals surface area contributed by atoms with Crippen molar-refractivity contribution >= 4 is 24.3 Å². The van der Waals surface area contributed by atoms with E-state index < -0.39 is 0 Å². The van der Waals surface area contributed by atoms with Gasteiger partial charge < -0.3 is 0 Å². The van der Waals surface area contributed by atoms with Crippen LogP contribution in [0.5, 0.6) is 0 Å². The molecule has 0 fully saturated rings.